The fourth-order valence-corrected chi connectivity index (χ4v) is 2.56. The molecule has 4 nitrogen and oxygen atoms in total. The van der Waals surface area contributed by atoms with Crippen LogP contribution in [0, 0.1) is 23.3 Å². The number of ether oxygens (including phenoxy) is 1. The molecular formula is C17H13F4NO3S. The molecule has 9 heteroatoms. The summed E-state index contributed by atoms with van der Waals surface area (Å²) in [7, 11) is 0. The molecule has 0 aliphatic heterocycles. The number of hydrogen-bond donors (Lipinski definition) is 1. The van der Waals surface area contributed by atoms with Gasteiger partial charge < -0.3 is 10.1 Å². The number of amides is 1. The van der Waals surface area contributed by atoms with Crippen molar-refractivity contribution < 1.29 is 31.9 Å². The summed E-state index contributed by atoms with van der Waals surface area (Å²) in [4.78, 5) is 23.9. The Morgan fingerprint density at radius 1 is 1.04 bits per heavy atom. The minimum atomic E-state index is -1.73. The van der Waals surface area contributed by atoms with E-state index in [1.165, 1.54) is 25.1 Å². The molecule has 0 aromatic heterocycles. The molecule has 0 fully saturated rings. The highest BCUT2D eigenvalue weighted by molar-refractivity contribution is 8.00. The van der Waals surface area contributed by atoms with Crippen molar-refractivity contribution in [1.29, 1.82) is 0 Å². The fourth-order valence-electron chi connectivity index (χ4n) is 1.84. The van der Waals surface area contributed by atoms with Crippen molar-refractivity contribution in [3.8, 4) is 0 Å². The van der Waals surface area contributed by atoms with Crippen LogP contribution in [-0.4, -0.2) is 23.7 Å². The molecule has 0 aliphatic carbocycles. The van der Waals surface area contributed by atoms with E-state index in [0.29, 0.717) is 6.07 Å². The van der Waals surface area contributed by atoms with Gasteiger partial charge in [-0.3, -0.25) is 9.59 Å². The van der Waals surface area contributed by atoms with E-state index in [9.17, 15) is 27.2 Å². The first kappa shape index (κ1) is 19.8. The van der Waals surface area contributed by atoms with Gasteiger partial charge in [0, 0.05) is 4.90 Å². The minimum Gasteiger partial charge on any atom is -0.452 e. The fraction of sp³-hybridized carbons (Fsp3) is 0.176. The molecule has 2 aromatic carbocycles. The molecule has 138 valence electrons. The highest BCUT2D eigenvalue weighted by Crippen LogP contribution is 2.22. The molecule has 1 amide bonds. The first-order chi connectivity index (χ1) is 12.3. The summed E-state index contributed by atoms with van der Waals surface area (Å²) in [6, 6.07) is 7.31. The molecule has 0 saturated carbocycles. The van der Waals surface area contributed by atoms with Crippen molar-refractivity contribution >= 4 is 29.3 Å². The summed E-state index contributed by atoms with van der Waals surface area (Å²) in [6.45, 7) is 1.22. The van der Waals surface area contributed by atoms with Crippen LogP contribution in [0.15, 0.2) is 41.3 Å². The van der Waals surface area contributed by atoms with Crippen LogP contribution in [0.4, 0.5) is 23.2 Å². The van der Waals surface area contributed by atoms with Gasteiger partial charge in [-0.1, -0.05) is 12.1 Å². The van der Waals surface area contributed by atoms with Crippen LogP contribution in [0.5, 0.6) is 0 Å². The lowest BCUT2D eigenvalue weighted by Crippen LogP contribution is -2.31. The van der Waals surface area contributed by atoms with Gasteiger partial charge in [0.15, 0.2) is 23.6 Å². The van der Waals surface area contributed by atoms with Gasteiger partial charge >= 0.3 is 5.97 Å². The minimum absolute atomic E-state index is 0.241. The molecule has 0 unspecified atom stereocenters. The zero-order chi connectivity index (χ0) is 19.3. The van der Waals surface area contributed by atoms with E-state index in [1.54, 1.807) is 6.07 Å². The molecule has 0 saturated heterocycles. The van der Waals surface area contributed by atoms with Gasteiger partial charge in [-0.25, -0.2) is 17.6 Å². The smallest absolute Gasteiger partial charge is 0.317 e. The second-order valence-corrected chi connectivity index (χ2v) is 6.08. The van der Waals surface area contributed by atoms with E-state index in [4.69, 9.17) is 4.74 Å². The Morgan fingerprint density at radius 2 is 1.73 bits per heavy atom. The Morgan fingerprint density at radius 3 is 2.42 bits per heavy atom. The van der Waals surface area contributed by atoms with E-state index in [2.05, 4.69) is 0 Å². The van der Waals surface area contributed by atoms with Crippen LogP contribution in [0.3, 0.4) is 0 Å². The molecule has 1 N–H and O–H groups in total. The summed E-state index contributed by atoms with van der Waals surface area (Å²) >= 11 is 0.886. The van der Waals surface area contributed by atoms with Gasteiger partial charge in [0.2, 0.25) is 0 Å². The maximum absolute atomic E-state index is 13.5. The van der Waals surface area contributed by atoms with Crippen molar-refractivity contribution in [1.82, 2.24) is 0 Å². The lowest BCUT2D eigenvalue weighted by Gasteiger charge is -2.14. The quantitative estimate of drug-likeness (QED) is 0.354. The molecule has 0 radical (unpaired) electrons. The maximum atomic E-state index is 13.5. The SMILES string of the molecule is C[C@@H](OC(=O)CSc1ccccc1F)C(=O)Nc1ccc(F)c(F)c1F. The monoisotopic (exact) mass is 387 g/mol. The van der Waals surface area contributed by atoms with Gasteiger partial charge in [0.25, 0.3) is 5.91 Å². The number of benzene rings is 2. The highest BCUT2D eigenvalue weighted by Gasteiger charge is 2.21. The van der Waals surface area contributed by atoms with Crippen molar-refractivity contribution in [2.75, 3.05) is 11.1 Å². The third-order valence-electron chi connectivity index (χ3n) is 3.15. The number of carbonyl (C=O) groups is 2. The number of esters is 1. The Bertz CT molecular complexity index is 832. The molecule has 2 aromatic rings. The van der Waals surface area contributed by atoms with Gasteiger partial charge in [0.05, 0.1) is 11.4 Å². The Labute approximate surface area is 150 Å². The Hall–Kier alpha value is -2.55. The average molecular weight is 387 g/mol. The second kappa shape index (κ2) is 8.70. The number of anilines is 1. The number of thioether (sulfide) groups is 1. The van der Waals surface area contributed by atoms with Crippen LogP contribution >= 0.6 is 11.8 Å². The summed E-state index contributed by atoms with van der Waals surface area (Å²) < 4.78 is 57.8. The van der Waals surface area contributed by atoms with E-state index in [0.717, 1.165) is 17.8 Å². The highest BCUT2D eigenvalue weighted by atomic mass is 32.2. The number of halogens is 4. The number of hydrogen-bond acceptors (Lipinski definition) is 4. The van der Waals surface area contributed by atoms with E-state index in [-0.39, 0.29) is 10.6 Å². The molecule has 0 bridgehead atoms. The van der Waals surface area contributed by atoms with E-state index in [1.807, 2.05) is 5.32 Å². The number of rotatable bonds is 6. The molecule has 0 aliphatic rings. The summed E-state index contributed by atoms with van der Waals surface area (Å²) in [6.07, 6.45) is -1.32. The molecule has 26 heavy (non-hydrogen) atoms. The lowest BCUT2D eigenvalue weighted by molar-refractivity contribution is -0.150. The lowest BCUT2D eigenvalue weighted by atomic mass is 10.2. The molecule has 0 spiro atoms. The maximum Gasteiger partial charge on any atom is 0.317 e. The van der Waals surface area contributed by atoms with Crippen molar-refractivity contribution in [2.24, 2.45) is 0 Å². The summed E-state index contributed by atoms with van der Waals surface area (Å²) in [5.41, 5.74) is -0.586. The van der Waals surface area contributed by atoms with Crippen LogP contribution in [0.25, 0.3) is 0 Å². The van der Waals surface area contributed by atoms with Gasteiger partial charge in [0.1, 0.15) is 5.82 Å². The molecule has 2 rings (SSSR count). The van der Waals surface area contributed by atoms with Crippen LogP contribution in [0.2, 0.25) is 0 Å². The van der Waals surface area contributed by atoms with E-state index >= 15 is 0 Å². The first-order valence-electron chi connectivity index (χ1n) is 7.30. The van der Waals surface area contributed by atoms with Crippen LogP contribution < -0.4 is 5.32 Å². The molecular weight excluding hydrogens is 374 g/mol. The van der Waals surface area contributed by atoms with Crippen LogP contribution in [-0.2, 0) is 14.3 Å². The number of carbonyl (C=O) groups excluding carboxylic acids is 2. The zero-order valence-corrected chi connectivity index (χ0v) is 14.2. The first-order valence-corrected chi connectivity index (χ1v) is 8.29. The van der Waals surface area contributed by atoms with Crippen molar-refractivity contribution in [3.63, 3.8) is 0 Å². The Balaban J connectivity index is 1.89. The van der Waals surface area contributed by atoms with E-state index < -0.39 is 46.9 Å². The normalized spacial score (nSPS) is 11.7. The largest absolute Gasteiger partial charge is 0.452 e. The predicted molar refractivity (Wildman–Crippen MR) is 87.6 cm³/mol. The van der Waals surface area contributed by atoms with Gasteiger partial charge in [-0.15, -0.1) is 11.8 Å². The molecule has 0 heterocycles. The zero-order valence-electron chi connectivity index (χ0n) is 13.4. The van der Waals surface area contributed by atoms with Crippen molar-refractivity contribution in [3.05, 3.63) is 59.7 Å². The Kier molecular flexibility index (Phi) is 6.62. The second-order valence-electron chi connectivity index (χ2n) is 5.06. The average Bonchev–Trinajstić information content (AvgIpc) is 2.61. The summed E-state index contributed by atoms with van der Waals surface area (Å²) in [5, 5.41) is 2.00. The van der Waals surface area contributed by atoms with Crippen molar-refractivity contribution in [2.45, 2.75) is 17.9 Å². The topological polar surface area (TPSA) is 55.4 Å². The standard InChI is InChI=1S/C17H13F4NO3S/c1-9(17(24)22-12-7-6-11(19)15(20)16(12)21)25-14(23)8-26-13-5-3-2-4-10(13)18/h2-7,9H,8H2,1H3,(H,22,24)/t9-/m1/s1. The third-order valence-corrected chi connectivity index (χ3v) is 4.17. The van der Waals surface area contributed by atoms with Gasteiger partial charge in [-0.2, -0.15) is 0 Å². The van der Waals surface area contributed by atoms with Crippen LogP contribution in [0.1, 0.15) is 6.92 Å². The number of nitrogens with one attached hydrogen (secondary N) is 1. The molecule has 1 atom stereocenters. The predicted octanol–water partition coefficient (Wildman–Crippen LogP) is 3.91. The summed E-state index contributed by atoms with van der Waals surface area (Å²) in [5.74, 6) is -7.17. The third kappa shape index (κ3) is 4.98. The van der Waals surface area contributed by atoms with Gasteiger partial charge in [-0.05, 0) is 31.2 Å².